The maximum Gasteiger partial charge on any atom is 0.264 e. The van der Waals surface area contributed by atoms with Crippen molar-refractivity contribution >= 4 is 22.6 Å². The molecule has 0 spiro atoms. The summed E-state index contributed by atoms with van der Waals surface area (Å²) in [4.78, 5) is 28.1. The Balaban J connectivity index is 1.86. The van der Waals surface area contributed by atoms with Crippen molar-refractivity contribution in [2.75, 3.05) is 5.32 Å². The van der Waals surface area contributed by atoms with Crippen molar-refractivity contribution in [2.45, 2.75) is 6.54 Å². The van der Waals surface area contributed by atoms with E-state index >= 15 is 0 Å². The zero-order chi connectivity index (χ0) is 14.1. The van der Waals surface area contributed by atoms with E-state index in [4.69, 9.17) is 0 Å². The maximum atomic E-state index is 12.2. The Hall–Kier alpha value is -2.97. The monoisotopic (exact) mass is 273 g/mol. The fraction of sp³-hybridized carbons (Fsp3) is 0.182. The molecule has 102 valence electrons. The van der Waals surface area contributed by atoms with Crippen LogP contribution in [0.1, 0.15) is 0 Å². The molecule has 0 atom stereocenters. The molecule has 9 nitrogen and oxygen atoms in total. The Morgan fingerprint density at radius 1 is 1.45 bits per heavy atom. The second-order valence-electron chi connectivity index (χ2n) is 4.22. The average molecular weight is 273 g/mol. The molecular formula is C11H11N7O2. The average Bonchev–Trinajstić information content (AvgIpc) is 3.04. The minimum atomic E-state index is -0.335. The summed E-state index contributed by atoms with van der Waals surface area (Å²) in [5.74, 6) is -0.335. The Bertz CT molecular complexity index is 815. The number of amides is 1. The number of anilines is 1. The Morgan fingerprint density at radius 3 is 3.05 bits per heavy atom. The predicted octanol–water partition coefficient (Wildman–Crippen LogP) is -0.508. The third-order valence-electron chi connectivity index (χ3n) is 2.81. The highest BCUT2D eigenvalue weighted by Crippen LogP contribution is 2.04. The summed E-state index contributed by atoms with van der Waals surface area (Å²) in [7, 11) is 1.70. The third-order valence-corrected chi connectivity index (χ3v) is 2.81. The van der Waals surface area contributed by atoms with E-state index in [-0.39, 0.29) is 18.0 Å². The van der Waals surface area contributed by atoms with Gasteiger partial charge in [0.25, 0.3) is 5.56 Å². The lowest BCUT2D eigenvalue weighted by molar-refractivity contribution is -0.116. The molecule has 3 aromatic rings. The van der Waals surface area contributed by atoms with E-state index in [1.54, 1.807) is 13.2 Å². The van der Waals surface area contributed by atoms with Gasteiger partial charge in [0.2, 0.25) is 5.91 Å². The van der Waals surface area contributed by atoms with Crippen LogP contribution in [0.25, 0.3) is 11.0 Å². The van der Waals surface area contributed by atoms with Crippen molar-refractivity contribution in [1.29, 1.82) is 0 Å². The van der Waals surface area contributed by atoms with Crippen LogP contribution in [0, 0.1) is 0 Å². The van der Waals surface area contributed by atoms with Crippen LogP contribution in [0.3, 0.4) is 0 Å². The van der Waals surface area contributed by atoms with Gasteiger partial charge in [-0.1, -0.05) is 0 Å². The fourth-order valence-electron chi connectivity index (χ4n) is 1.85. The predicted molar refractivity (Wildman–Crippen MR) is 70.0 cm³/mol. The number of hydrogen-bond acceptors (Lipinski definition) is 5. The maximum absolute atomic E-state index is 12.2. The van der Waals surface area contributed by atoms with Gasteiger partial charge in [-0.3, -0.25) is 23.9 Å². The molecule has 9 heteroatoms. The molecule has 0 aliphatic carbocycles. The Labute approximate surface area is 112 Å². The van der Waals surface area contributed by atoms with E-state index in [0.717, 1.165) is 0 Å². The van der Waals surface area contributed by atoms with Crippen LogP contribution in [-0.2, 0) is 18.4 Å². The minimum Gasteiger partial charge on any atom is -0.322 e. The van der Waals surface area contributed by atoms with Gasteiger partial charge in [0.05, 0.1) is 18.1 Å². The molecule has 1 amide bonds. The summed E-state index contributed by atoms with van der Waals surface area (Å²) >= 11 is 0. The number of aryl methyl sites for hydroxylation is 1. The van der Waals surface area contributed by atoms with Crippen molar-refractivity contribution in [3.8, 4) is 0 Å². The number of fused-ring (bicyclic) bond motifs is 1. The molecule has 2 N–H and O–H groups in total. The number of nitrogens with one attached hydrogen (secondary N) is 2. The van der Waals surface area contributed by atoms with E-state index < -0.39 is 0 Å². The quantitative estimate of drug-likeness (QED) is 0.668. The molecule has 0 fully saturated rings. The highest BCUT2D eigenvalue weighted by molar-refractivity contribution is 5.90. The Kier molecular flexibility index (Phi) is 2.78. The largest absolute Gasteiger partial charge is 0.322 e. The molecule has 3 aromatic heterocycles. The molecule has 3 heterocycles. The van der Waals surface area contributed by atoms with E-state index in [2.05, 4.69) is 25.6 Å². The molecule has 0 unspecified atom stereocenters. The standard InChI is InChI=1S/C11H11N7O2/c1-17-10-8(4-15-17)11(20)18(6-12-10)5-9(19)16-7-2-13-14-3-7/h2-4,6H,5H2,1H3,(H,13,14)(H,16,19). The highest BCUT2D eigenvalue weighted by Gasteiger charge is 2.11. The van der Waals surface area contributed by atoms with E-state index in [1.165, 1.54) is 28.0 Å². The molecule has 20 heavy (non-hydrogen) atoms. The summed E-state index contributed by atoms with van der Waals surface area (Å²) < 4.78 is 2.74. The molecule has 0 saturated carbocycles. The summed E-state index contributed by atoms with van der Waals surface area (Å²) in [5.41, 5.74) is 0.727. The van der Waals surface area contributed by atoms with Gasteiger partial charge in [0.15, 0.2) is 5.65 Å². The molecule has 0 saturated heterocycles. The Morgan fingerprint density at radius 2 is 2.30 bits per heavy atom. The van der Waals surface area contributed by atoms with Gasteiger partial charge < -0.3 is 5.32 Å². The van der Waals surface area contributed by atoms with Crippen molar-refractivity contribution in [1.82, 2.24) is 29.5 Å². The highest BCUT2D eigenvalue weighted by atomic mass is 16.2. The van der Waals surface area contributed by atoms with Crippen LogP contribution in [-0.4, -0.2) is 35.4 Å². The summed E-state index contributed by atoms with van der Waals surface area (Å²) in [6.45, 7) is -0.123. The van der Waals surface area contributed by atoms with E-state index in [9.17, 15) is 9.59 Å². The first-order valence-corrected chi connectivity index (χ1v) is 5.81. The van der Waals surface area contributed by atoms with E-state index in [0.29, 0.717) is 16.7 Å². The lowest BCUT2D eigenvalue weighted by Gasteiger charge is -2.05. The van der Waals surface area contributed by atoms with Gasteiger partial charge in [-0.25, -0.2) is 4.98 Å². The van der Waals surface area contributed by atoms with Crippen LogP contribution >= 0.6 is 0 Å². The zero-order valence-electron chi connectivity index (χ0n) is 10.6. The number of carbonyl (C=O) groups is 1. The molecule has 0 aliphatic heterocycles. The third kappa shape index (κ3) is 2.05. The second-order valence-corrected chi connectivity index (χ2v) is 4.22. The first-order valence-electron chi connectivity index (χ1n) is 5.81. The second kappa shape index (κ2) is 4.61. The topological polar surface area (TPSA) is 110 Å². The van der Waals surface area contributed by atoms with Crippen LogP contribution in [0.2, 0.25) is 0 Å². The normalized spacial score (nSPS) is 10.8. The molecule has 3 rings (SSSR count). The van der Waals surface area contributed by atoms with Crippen molar-refractivity contribution in [3.05, 3.63) is 35.3 Å². The first kappa shape index (κ1) is 12.1. The summed E-state index contributed by atoms with van der Waals surface area (Å²) in [6, 6.07) is 0. The molecule has 0 aliphatic rings. The fourth-order valence-corrected chi connectivity index (χ4v) is 1.85. The number of rotatable bonds is 3. The number of aromatic amines is 1. The van der Waals surface area contributed by atoms with Gasteiger partial charge in [-0.15, -0.1) is 0 Å². The van der Waals surface area contributed by atoms with Gasteiger partial charge in [0, 0.05) is 13.2 Å². The van der Waals surface area contributed by atoms with Crippen LogP contribution in [0.4, 0.5) is 5.69 Å². The lowest BCUT2D eigenvalue weighted by atomic mass is 10.4. The van der Waals surface area contributed by atoms with Crippen molar-refractivity contribution in [3.63, 3.8) is 0 Å². The molecule has 0 radical (unpaired) electrons. The number of nitrogens with zero attached hydrogens (tertiary/aromatic N) is 5. The van der Waals surface area contributed by atoms with Gasteiger partial charge in [-0.2, -0.15) is 10.2 Å². The number of H-pyrrole nitrogens is 1. The molecular weight excluding hydrogens is 262 g/mol. The SMILES string of the molecule is Cn1ncc2c(=O)n(CC(=O)Nc3cn[nH]c3)cnc21. The number of aromatic nitrogens is 6. The summed E-state index contributed by atoms with van der Waals surface area (Å²) in [6.07, 6.45) is 5.79. The summed E-state index contributed by atoms with van der Waals surface area (Å²) in [5, 5.41) is 13.2. The molecule has 0 bridgehead atoms. The number of hydrogen-bond donors (Lipinski definition) is 2. The lowest BCUT2D eigenvalue weighted by Crippen LogP contribution is -2.27. The first-order chi connectivity index (χ1) is 9.65. The molecule has 0 aromatic carbocycles. The van der Waals surface area contributed by atoms with Crippen molar-refractivity contribution < 1.29 is 4.79 Å². The smallest absolute Gasteiger partial charge is 0.264 e. The van der Waals surface area contributed by atoms with Crippen LogP contribution in [0.15, 0.2) is 29.7 Å². The van der Waals surface area contributed by atoms with Crippen molar-refractivity contribution in [2.24, 2.45) is 7.05 Å². The van der Waals surface area contributed by atoms with Crippen LogP contribution in [0.5, 0.6) is 0 Å². The van der Waals surface area contributed by atoms with Crippen LogP contribution < -0.4 is 10.9 Å². The zero-order valence-corrected chi connectivity index (χ0v) is 10.6. The van der Waals surface area contributed by atoms with E-state index in [1.807, 2.05) is 0 Å². The van der Waals surface area contributed by atoms with Gasteiger partial charge in [-0.05, 0) is 0 Å². The van der Waals surface area contributed by atoms with Gasteiger partial charge >= 0.3 is 0 Å². The van der Waals surface area contributed by atoms with Gasteiger partial charge in [0.1, 0.15) is 18.3 Å². The minimum absolute atomic E-state index is 0.123. The number of carbonyl (C=O) groups excluding carboxylic acids is 1.